The van der Waals surface area contributed by atoms with E-state index in [4.69, 9.17) is 5.73 Å². The van der Waals surface area contributed by atoms with Crippen LogP contribution in [0.2, 0.25) is 0 Å². The first kappa shape index (κ1) is 20.7. The van der Waals surface area contributed by atoms with Gasteiger partial charge in [-0.25, -0.2) is 0 Å². The molecule has 7 heteroatoms. The number of benzene rings is 1. The van der Waals surface area contributed by atoms with Gasteiger partial charge in [0.25, 0.3) is 0 Å². The molecule has 0 bridgehead atoms. The van der Waals surface area contributed by atoms with Crippen molar-refractivity contribution >= 4 is 18.3 Å². The number of carbonyl (C=O) groups is 1. The number of rotatable bonds is 6. The highest BCUT2D eigenvalue weighted by Gasteiger charge is 2.30. The third-order valence-corrected chi connectivity index (χ3v) is 3.69. The van der Waals surface area contributed by atoms with Crippen molar-refractivity contribution in [2.24, 2.45) is 5.73 Å². The summed E-state index contributed by atoms with van der Waals surface area (Å²) in [5, 5.41) is 2.73. The van der Waals surface area contributed by atoms with E-state index in [1.54, 1.807) is 0 Å². The number of carbonyl (C=O) groups excluding carboxylic acids is 1. The van der Waals surface area contributed by atoms with Gasteiger partial charge in [-0.2, -0.15) is 13.2 Å². The van der Waals surface area contributed by atoms with Gasteiger partial charge in [0.15, 0.2) is 0 Å². The Hall–Kier alpha value is -1.27. The molecule has 0 spiro atoms. The fraction of sp³-hybridized carbons (Fsp3) is 0.533. The van der Waals surface area contributed by atoms with Crippen molar-refractivity contribution in [3.05, 3.63) is 35.4 Å². The van der Waals surface area contributed by atoms with Crippen LogP contribution in [0.25, 0.3) is 0 Å². The van der Waals surface area contributed by atoms with Crippen molar-refractivity contribution in [1.29, 1.82) is 0 Å². The van der Waals surface area contributed by atoms with Gasteiger partial charge in [0.05, 0.1) is 12.0 Å². The molecule has 0 unspecified atom stereocenters. The van der Waals surface area contributed by atoms with Gasteiger partial charge < -0.3 is 11.1 Å². The molecule has 3 N–H and O–H groups in total. The molecule has 22 heavy (non-hydrogen) atoms. The van der Waals surface area contributed by atoms with E-state index in [1.807, 2.05) is 13.8 Å². The third kappa shape index (κ3) is 6.23. The fourth-order valence-electron chi connectivity index (χ4n) is 1.83. The van der Waals surface area contributed by atoms with Crippen LogP contribution in [0.15, 0.2) is 24.3 Å². The Bertz CT molecular complexity index is 471. The van der Waals surface area contributed by atoms with Gasteiger partial charge in [0.2, 0.25) is 5.91 Å². The highest BCUT2D eigenvalue weighted by atomic mass is 35.5. The summed E-state index contributed by atoms with van der Waals surface area (Å²) in [7, 11) is 0. The van der Waals surface area contributed by atoms with Crippen LogP contribution >= 0.6 is 12.4 Å². The smallest absolute Gasteiger partial charge is 0.354 e. The molecule has 0 fully saturated rings. The molecule has 0 heterocycles. The molecule has 0 aliphatic rings. The predicted molar refractivity (Wildman–Crippen MR) is 82.9 cm³/mol. The Morgan fingerprint density at radius 1 is 1.14 bits per heavy atom. The molecule has 126 valence electrons. The maximum absolute atomic E-state index is 12.4. The van der Waals surface area contributed by atoms with E-state index in [-0.39, 0.29) is 24.7 Å². The molecule has 3 nitrogen and oxygen atoms in total. The first-order valence-corrected chi connectivity index (χ1v) is 6.92. The largest absolute Gasteiger partial charge is 0.416 e. The topological polar surface area (TPSA) is 55.1 Å². The highest BCUT2D eigenvalue weighted by molar-refractivity contribution is 5.85. The normalized spacial score (nSPS) is 11.7. The maximum Gasteiger partial charge on any atom is 0.416 e. The zero-order valence-corrected chi connectivity index (χ0v) is 13.5. The summed E-state index contributed by atoms with van der Waals surface area (Å²) in [6, 6.07) is 4.59. The lowest BCUT2D eigenvalue weighted by Crippen LogP contribution is -2.49. The van der Waals surface area contributed by atoms with E-state index >= 15 is 0 Å². The van der Waals surface area contributed by atoms with E-state index < -0.39 is 17.3 Å². The third-order valence-electron chi connectivity index (χ3n) is 3.69. The summed E-state index contributed by atoms with van der Waals surface area (Å²) < 4.78 is 37.3. The van der Waals surface area contributed by atoms with Gasteiger partial charge >= 0.3 is 6.18 Å². The lowest BCUT2D eigenvalue weighted by Gasteiger charge is -2.26. The molecule has 1 aromatic carbocycles. The first-order chi connectivity index (χ1) is 9.70. The molecular weight excluding hydrogens is 317 g/mol. The van der Waals surface area contributed by atoms with Gasteiger partial charge in [0, 0.05) is 12.1 Å². The Balaban J connectivity index is 0.00000441. The molecule has 0 saturated carbocycles. The van der Waals surface area contributed by atoms with Crippen molar-refractivity contribution in [3.63, 3.8) is 0 Å². The molecule has 1 rings (SSSR count). The van der Waals surface area contributed by atoms with Crippen LogP contribution in [-0.4, -0.2) is 18.0 Å². The van der Waals surface area contributed by atoms with E-state index in [9.17, 15) is 18.0 Å². The van der Waals surface area contributed by atoms with Gasteiger partial charge in [-0.15, -0.1) is 12.4 Å². The second kappa shape index (κ2) is 8.39. The second-order valence-electron chi connectivity index (χ2n) is 5.22. The van der Waals surface area contributed by atoms with Crippen molar-refractivity contribution in [3.8, 4) is 0 Å². The quantitative estimate of drug-likeness (QED) is 0.836. The lowest BCUT2D eigenvalue weighted by molar-refractivity contribution is -0.137. The lowest BCUT2D eigenvalue weighted by atomic mass is 9.94. The molecule has 1 amide bonds. The van der Waals surface area contributed by atoms with Gasteiger partial charge in [0.1, 0.15) is 0 Å². The molecule has 0 radical (unpaired) electrons. The molecule has 0 aliphatic carbocycles. The molecule has 0 aliphatic heterocycles. The highest BCUT2D eigenvalue weighted by Crippen LogP contribution is 2.29. The van der Waals surface area contributed by atoms with Crippen molar-refractivity contribution < 1.29 is 18.0 Å². The number of hydrogen-bond acceptors (Lipinski definition) is 2. The number of alkyl halides is 3. The standard InChI is InChI=1S/C15H21F3N2O.ClH/c1-3-14(19,4-2)10-20-13(21)9-11-5-7-12(8-6-11)15(16,17)18;/h5-8H,3-4,9-10,19H2,1-2H3,(H,20,21);1H. The van der Waals surface area contributed by atoms with Crippen molar-refractivity contribution in [1.82, 2.24) is 5.32 Å². The number of amides is 1. The van der Waals surface area contributed by atoms with Gasteiger partial charge in [-0.1, -0.05) is 26.0 Å². The first-order valence-electron chi connectivity index (χ1n) is 6.92. The summed E-state index contributed by atoms with van der Waals surface area (Å²) in [6.07, 6.45) is -2.84. The zero-order chi connectivity index (χ0) is 16.1. The number of halogens is 4. The van der Waals surface area contributed by atoms with Crippen molar-refractivity contribution in [2.75, 3.05) is 6.54 Å². The average Bonchev–Trinajstić information content (AvgIpc) is 2.44. The number of hydrogen-bond donors (Lipinski definition) is 2. The van der Waals surface area contributed by atoms with Gasteiger partial charge in [-0.3, -0.25) is 4.79 Å². The van der Waals surface area contributed by atoms with Crippen LogP contribution in [0.5, 0.6) is 0 Å². The van der Waals surface area contributed by atoms with Crippen LogP contribution in [0.4, 0.5) is 13.2 Å². The van der Waals surface area contributed by atoms with Gasteiger partial charge in [-0.05, 0) is 30.5 Å². The Morgan fingerprint density at radius 2 is 1.64 bits per heavy atom. The molecule has 0 atom stereocenters. The van der Waals surface area contributed by atoms with Crippen LogP contribution in [0.1, 0.15) is 37.8 Å². The number of nitrogens with two attached hydrogens (primary N) is 1. The summed E-state index contributed by atoms with van der Waals surface area (Å²) in [4.78, 5) is 11.8. The zero-order valence-electron chi connectivity index (χ0n) is 12.7. The summed E-state index contributed by atoms with van der Waals surface area (Å²) >= 11 is 0. The van der Waals surface area contributed by atoms with Crippen LogP contribution in [0.3, 0.4) is 0 Å². The Morgan fingerprint density at radius 3 is 2.05 bits per heavy atom. The molecule has 1 aromatic rings. The monoisotopic (exact) mass is 338 g/mol. The van der Waals surface area contributed by atoms with Crippen molar-refractivity contribution in [2.45, 2.75) is 44.8 Å². The minimum atomic E-state index is -4.36. The predicted octanol–water partition coefficient (Wildman–Crippen LogP) is 3.30. The summed E-state index contributed by atoms with van der Waals surface area (Å²) in [6.45, 7) is 4.26. The average molecular weight is 339 g/mol. The minimum absolute atomic E-state index is 0. The Labute approximate surface area is 134 Å². The SMILES string of the molecule is CCC(N)(CC)CNC(=O)Cc1ccc(C(F)(F)F)cc1.Cl. The molecule has 0 saturated heterocycles. The second-order valence-corrected chi connectivity index (χ2v) is 5.22. The molecular formula is C15H22ClF3N2O. The van der Waals surface area contributed by atoms with Crippen LogP contribution < -0.4 is 11.1 Å². The summed E-state index contributed by atoms with van der Waals surface area (Å²) in [5.41, 5.74) is 5.45. The Kier molecular flexibility index (Phi) is 7.90. The molecule has 0 aromatic heterocycles. The van der Waals surface area contributed by atoms with Crippen LogP contribution in [-0.2, 0) is 17.4 Å². The summed E-state index contributed by atoms with van der Waals surface area (Å²) in [5.74, 6) is -0.244. The van der Waals surface area contributed by atoms with Crippen LogP contribution in [0, 0.1) is 0 Å². The van der Waals surface area contributed by atoms with E-state index in [1.165, 1.54) is 12.1 Å². The fourth-order valence-corrected chi connectivity index (χ4v) is 1.83. The minimum Gasteiger partial charge on any atom is -0.354 e. The van der Waals surface area contributed by atoms with E-state index in [2.05, 4.69) is 5.32 Å². The number of nitrogens with one attached hydrogen (secondary N) is 1. The van der Waals surface area contributed by atoms with E-state index in [0.29, 0.717) is 12.1 Å². The maximum atomic E-state index is 12.4. The van der Waals surface area contributed by atoms with E-state index in [0.717, 1.165) is 25.0 Å².